The summed E-state index contributed by atoms with van der Waals surface area (Å²) in [5.74, 6) is 1.32. The average Bonchev–Trinajstić information content (AvgIpc) is 3.17. The number of methoxy groups -OCH3 is 1. The van der Waals surface area contributed by atoms with Crippen molar-refractivity contribution in [3.05, 3.63) is 54.0 Å². The number of anilines is 2. The second-order valence-electron chi connectivity index (χ2n) is 12.2. The summed E-state index contributed by atoms with van der Waals surface area (Å²) in [4.78, 5) is 28.9. The van der Waals surface area contributed by atoms with E-state index in [9.17, 15) is 4.79 Å². The first-order chi connectivity index (χ1) is 25.2. The lowest BCUT2D eigenvalue weighted by molar-refractivity contribution is -0.141. The molecule has 4 N–H and O–H groups in total. The van der Waals surface area contributed by atoms with Crippen LogP contribution >= 0.6 is 0 Å². The van der Waals surface area contributed by atoms with E-state index in [1.807, 2.05) is 24.3 Å². The first-order valence-electron chi connectivity index (χ1n) is 18.3. The molecule has 0 saturated carbocycles. The quantitative estimate of drug-likeness (QED) is 0.0744. The first-order valence-corrected chi connectivity index (χ1v) is 18.3. The Morgan fingerprint density at radius 2 is 1.57 bits per heavy atom. The number of carbonyl (C=O) groups excluding carboxylic acids is 1. The lowest BCUT2D eigenvalue weighted by Crippen LogP contribution is -2.37. The summed E-state index contributed by atoms with van der Waals surface area (Å²) in [6.45, 7) is 8.94. The minimum absolute atomic E-state index is 0.331. The molecule has 0 amide bonds. The number of hydrogen-bond acceptors (Lipinski definition) is 14. The number of nitrogens with two attached hydrogens (primary N) is 1. The maximum atomic E-state index is 12.9. The van der Waals surface area contributed by atoms with Gasteiger partial charge in [-0.2, -0.15) is 0 Å². The minimum Gasteiger partial charge on any atom is -0.467 e. The molecule has 2 aromatic heterocycles. The molecular weight excluding hydrogens is 654 g/mol. The molecule has 1 aromatic carbocycles. The molecule has 1 atom stereocenters. The first kappa shape index (κ1) is 40.3. The maximum absolute atomic E-state index is 12.9. The van der Waals surface area contributed by atoms with Crippen LogP contribution in [0.4, 0.5) is 11.6 Å². The van der Waals surface area contributed by atoms with Crippen LogP contribution in [-0.2, 0) is 46.1 Å². The van der Waals surface area contributed by atoms with Gasteiger partial charge in [0, 0.05) is 37.3 Å². The smallest absolute Gasteiger partial charge is 0.328 e. The highest BCUT2D eigenvalue weighted by molar-refractivity contribution is 5.90. The Balaban J connectivity index is 1.18. The summed E-state index contributed by atoms with van der Waals surface area (Å²) in [6, 6.07) is 11.5. The summed E-state index contributed by atoms with van der Waals surface area (Å²) < 4.78 is 33.0. The predicted octanol–water partition coefficient (Wildman–Crippen LogP) is 3.09. The van der Waals surface area contributed by atoms with Crippen molar-refractivity contribution in [2.24, 2.45) is 5.73 Å². The topological polar surface area (TPSA) is 164 Å². The van der Waals surface area contributed by atoms with Crippen molar-refractivity contribution in [1.82, 2.24) is 19.9 Å². The van der Waals surface area contributed by atoms with E-state index in [0.717, 1.165) is 74.2 Å². The number of hydrogen-bond donors (Lipinski definition) is 3. The van der Waals surface area contributed by atoms with Gasteiger partial charge in [-0.05, 0) is 68.8 Å². The molecule has 14 heteroatoms. The number of fused-ring (bicyclic) bond motifs is 2. The molecule has 1 aliphatic rings. The zero-order valence-corrected chi connectivity index (χ0v) is 30.2. The Labute approximate surface area is 302 Å². The van der Waals surface area contributed by atoms with Crippen LogP contribution in [0.2, 0.25) is 0 Å². The van der Waals surface area contributed by atoms with Crippen molar-refractivity contribution >= 4 is 28.5 Å². The van der Waals surface area contributed by atoms with Gasteiger partial charge in [-0.3, -0.25) is 0 Å². The average molecular weight is 712 g/mol. The summed E-state index contributed by atoms with van der Waals surface area (Å²) in [7, 11) is 1.41. The highest BCUT2D eigenvalue weighted by Gasteiger charge is 2.22. The molecule has 3 aromatic rings. The van der Waals surface area contributed by atoms with Crippen LogP contribution < -0.4 is 16.4 Å². The number of nitrogens with zero attached hydrogens (tertiary/aromatic N) is 4. The van der Waals surface area contributed by atoms with E-state index in [2.05, 4.69) is 37.6 Å². The van der Waals surface area contributed by atoms with Crippen LogP contribution in [0.3, 0.4) is 0 Å². The van der Waals surface area contributed by atoms with Crippen molar-refractivity contribution in [3.63, 3.8) is 0 Å². The molecule has 282 valence electrons. The van der Waals surface area contributed by atoms with Crippen LogP contribution in [0.25, 0.3) is 10.9 Å². The number of esters is 1. The molecular formula is C37H57N7O7. The summed E-state index contributed by atoms with van der Waals surface area (Å²) in [6.07, 6.45) is 7.22. The second kappa shape index (κ2) is 24.6. The van der Waals surface area contributed by atoms with Crippen molar-refractivity contribution in [3.8, 4) is 0 Å². The number of nitrogens with one attached hydrogen (secondary N) is 2. The molecule has 0 saturated heterocycles. The highest BCUT2D eigenvalue weighted by atomic mass is 16.6. The van der Waals surface area contributed by atoms with Crippen LogP contribution in [0.5, 0.6) is 0 Å². The van der Waals surface area contributed by atoms with E-state index in [4.69, 9.17) is 39.1 Å². The summed E-state index contributed by atoms with van der Waals surface area (Å²) in [5.41, 5.74) is 8.61. The second-order valence-corrected chi connectivity index (χ2v) is 12.2. The van der Waals surface area contributed by atoms with Gasteiger partial charge in [0.05, 0.1) is 78.7 Å². The Kier molecular flexibility index (Phi) is 19.5. The number of aromatic nitrogens is 3. The standard InChI is InChI=1S/C37H57N7O7/c1-46-37(45)34(43-36-32-9-2-3-10-33(32)40-29-41-36)13-17-44(16-5-4-8-31-12-11-30-7-6-15-39-35(30)42-31)18-20-48-22-24-50-26-28-51-27-25-49-23-21-47-19-14-38/h2-3,9-12,29,34H,4-8,13-28,38H2,1H3,(H,39,42)(H,40,41,43). The van der Waals surface area contributed by atoms with E-state index < -0.39 is 6.04 Å². The van der Waals surface area contributed by atoms with Gasteiger partial charge in [0.1, 0.15) is 24.0 Å². The molecule has 0 bridgehead atoms. The number of unbranched alkanes of at least 4 members (excludes halogenated alkanes) is 1. The summed E-state index contributed by atoms with van der Waals surface area (Å²) >= 11 is 0. The SMILES string of the molecule is COC(=O)C(CCN(CCCCc1ccc2c(n1)NCCC2)CCOCCOCCOCCOCCOCCN)Nc1ncnc2ccccc12. The zero-order chi connectivity index (χ0) is 35.8. The molecule has 1 aliphatic heterocycles. The van der Waals surface area contributed by atoms with Gasteiger partial charge in [0.2, 0.25) is 0 Å². The lowest BCUT2D eigenvalue weighted by Gasteiger charge is -2.25. The lowest BCUT2D eigenvalue weighted by atomic mass is 10.1. The van der Waals surface area contributed by atoms with E-state index >= 15 is 0 Å². The third-order valence-electron chi connectivity index (χ3n) is 8.48. The Morgan fingerprint density at radius 1 is 0.863 bits per heavy atom. The number of para-hydroxylation sites is 1. The van der Waals surface area contributed by atoms with Gasteiger partial charge in [-0.1, -0.05) is 18.2 Å². The van der Waals surface area contributed by atoms with Crippen molar-refractivity contribution < 1.29 is 33.2 Å². The molecule has 3 heterocycles. The largest absolute Gasteiger partial charge is 0.467 e. The van der Waals surface area contributed by atoms with Gasteiger partial charge in [-0.15, -0.1) is 0 Å². The summed E-state index contributed by atoms with van der Waals surface area (Å²) in [5, 5.41) is 7.61. The molecule has 4 rings (SSSR count). The van der Waals surface area contributed by atoms with E-state index in [1.54, 1.807) is 0 Å². The van der Waals surface area contributed by atoms with E-state index in [1.165, 1.54) is 19.0 Å². The van der Waals surface area contributed by atoms with Gasteiger partial charge in [0.25, 0.3) is 0 Å². The van der Waals surface area contributed by atoms with Gasteiger partial charge in [0.15, 0.2) is 0 Å². The molecule has 0 spiro atoms. The fraction of sp³-hybridized carbons (Fsp3) is 0.622. The van der Waals surface area contributed by atoms with Crippen molar-refractivity contribution in [2.45, 2.75) is 44.6 Å². The van der Waals surface area contributed by atoms with Crippen molar-refractivity contribution in [2.75, 3.05) is 117 Å². The van der Waals surface area contributed by atoms with Crippen molar-refractivity contribution in [1.29, 1.82) is 0 Å². The van der Waals surface area contributed by atoms with Gasteiger partial charge < -0.3 is 49.7 Å². The fourth-order valence-electron chi connectivity index (χ4n) is 5.73. The zero-order valence-electron chi connectivity index (χ0n) is 30.2. The fourth-order valence-corrected chi connectivity index (χ4v) is 5.73. The minimum atomic E-state index is -0.568. The maximum Gasteiger partial charge on any atom is 0.328 e. The monoisotopic (exact) mass is 711 g/mol. The number of benzene rings is 1. The Hall–Kier alpha value is -3.50. The van der Waals surface area contributed by atoms with E-state index in [0.29, 0.717) is 91.4 Å². The Bertz CT molecular complexity index is 1400. The molecule has 1 unspecified atom stereocenters. The number of aryl methyl sites for hydroxylation is 2. The molecule has 14 nitrogen and oxygen atoms in total. The number of rotatable bonds is 28. The predicted molar refractivity (Wildman–Crippen MR) is 197 cm³/mol. The molecule has 51 heavy (non-hydrogen) atoms. The molecule has 0 radical (unpaired) electrons. The number of carbonyl (C=O) groups is 1. The van der Waals surface area contributed by atoms with Crippen LogP contribution in [0.1, 0.15) is 36.9 Å². The number of pyridine rings is 1. The number of ether oxygens (including phenoxy) is 6. The Morgan fingerprint density at radius 3 is 2.29 bits per heavy atom. The third-order valence-corrected chi connectivity index (χ3v) is 8.48. The third kappa shape index (κ3) is 15.3. The highest BCUT2D eigenvalue weighted by Crippen LogP contribution is 2.21. The van der Waals surface area contributed by atoms with Gasteiger partial charge in [-0.25, -0.2) is 19.7 Å². The molecule has 0 aliphatic carbocycles. The van der Waals surface area contributed by atoms with Crippen LogP contribution in [-0.4, -0.2) is 138 Å². The van der Waals surface area contributed by atoms with E-state index in [-0.39, 0.29) is 5.97 Å². The molecule has 0 fully saturated rings. The van der Waals surface area contributed by atoms with Crippen LogP contribution in [0.15, 0.2) is 42.7 Å². The normalized spacial score (nSPS) is 13.2. The van der Waals surface area contributed by atoms with Gasteiger partial charge >= 0.3 is 5.97 Å². The van der Waals surface area contributed by atoms with Crippen LogP contribution in [0, 0.1) is 0 Å².